The highest BCUT2D eigenvalue weighted by molar-refractivity contribution is 5.83. The summed E-state index contributed by atoms with van der Waals surface area (Å²) < 4.78 is 0. The quantitative estimate of drug-likeness (QED) is 0.545. The number of hydrogen-bond acceptors (Lipinski definition) is 0. The van der Waals surface area contributed by atoms with Crippen LogP contribution in [0.5, 0.6) is 0 Å². The van der Waals surface area contributed by atoms with Crippen LogP contribution in [0.2, 0.25) is 0 Å². The number of benzene rings is 3. The lowest BCUT2D eigenvalue weighted by Crippen LogP contribution is -2.30. The van der Waals surface area contributed by atoms with Gasteiger partial charge >= 0.3 is 0 Å². The molecule has 0 atom stereocenters. The molecule has 0 N–H and O–H groups in total. The molecule has 4 rings (SSSR count). The first-order valence-corrected chi connectivity index (χ1v) is 9.51. The molecule has 27 heavy (non-hydrogen) atoms. The van der Waals surface area contributed by atoms with Crippen LogP contribution >= 0.6 is 0 Å². The summed E-state index contributed by atoms with van der Waals surface area (Å²) in [6, 6.07) is 19.8. The van der Waals surface area contributed by atoms with E-state index in [2.05, 4.69) is 86.8 Å². The van der Waals surface area contributed by atoms with Gasteiger partial charge in [0.15, 0.2) is 0 Å². The fourth-order valence-electron chi connectivity index (χ4n) is 3.89. The molecule has 3 aromatic rings. The van der Waals surface area contributed by atoms with Crippen LogP contribution in [0.15, 0.2) is 67.8 Å². The lowest BCUT2D eigenvalue weighted by atomic mass is 9.89. The highest BCUT2D eigenvalue weighted by Crippen LogP contribution is 2.28. The van der Waals surface area contributed by atoms with Crippen molar-refractivity contribution in [2.24, 2.45) is 0 Å². The first kappa shape index (κ1) is 17.3. The van der Waals surface area contributed by atoms with Gasteiger partial charge in [-0.1, -0.05) is 91.6 Å². The Morgan fingerprint density at radius 3 is 1.96 bits per heavy atom. The number of hydrogen-bond donors (Lipinski definition) is 0. The third-order valence-corrected chi connectivity index (χ3v) is 5.33. The van der Waals surface area contributed by atoms with E-state index in [-0.39, 0.29) is 0 Å². The Morgan fingerprint density at radius 1 is 0.741 bits per heavy atom. The molecule has 0 saturated carbocycles. The average Bonchev–Trinajstić information content (AvgIpc) is 2.73. The molecule has 1 aliphatic carbocycles. The van der Waals surface area contributed by atoms with Crippen molar-refractivity contribution in [2.75, 3.05) is 0 Å². The van der Waals surface area contributed by atoms with E-state index in [1.54, 1.807) is 0 Å². The lowest BCUT2D eigenvalue weighted by Gasteiger charge is -2.15. The fourth-order valence-corrected chi connectivity index (χ4v) is 3.89. The molecular weight excluding hydrogens is 324 g/mol. The molecule has 1 aliphatic rings. The van der Waals surface area contributed by atoms with Crippen molar-refractivity contribution < 1.29 is 0 Å². The van der Waals surface area contributed by atoms with Crippen molar-refractivity contribution in [3.8, 4) is 22.3 Å². The summed E-state index contributed by atoms with van der Waals surface area (Å²) in [4.78, 5) is 0. The lowest BCUT2D eigenvalue weighted by molar-refractivity contribution is 1.12. The van der Waals surface area contributed by atoms with Crippen LogP contribution in [-0.2, 0) is 0 Å². The van der Waals surface area contributed by atoms with E-state index in [9.17, 15) is 0 Å². The summed E-state index contributed by atoms with van der Waals surface area (Å²) in [7, 11) is 0. The summed E-state index contributed by atoms with van der Waals surface area (Å²) in [6.07, 6.45) is 10.8. The highest BCUT2D eigenvalue weighted by Gasteiger charge is 2.11. The summed E-state index contributed by atoms with van der Waals surface area (Å²) in [5.41, 5.74) is 8.58. The maximum Gasteiger partial charge on any atom is -0.00303 e. The van der Waals surface area contributed by atoms with E-state index in [1.807, 2.05) is 12.2 Å². The van der Waals surface area contributed by atoms with Crippen LogP contribution in [0.3, 0.4) is 0 Å². The molecule has 0 spiro atoms. The second-order valence-corrected chi connectivity index (χ2v) is 7.09. The van der Waals surface area contributed by atoms with Crippen molar-refractivity contribution >= 4 is 24.3 Å². The molecule has 0 radical (unpaired) electrons. The maximum atomic E-state index is 4.08. The van der Waals surface area contributed by atoms with Crippen LogP contribution in [0, 0.1) is 6.92 Å². The zero-order valence-corrected chi connectivity index (χ0v) is 15.8. The van der Waals surface area contributed by atoms with E-state index < -0.39 is 0 Å². The second-order valence-electron chi connectivity index (χ2n) is 7.09. The molecule has 0 heteroatoms. The van der Waals surface area contributed by atoms with Gasteiger partial charge in [-0.15, -0.1) is 0 Å². The molecule has 0 unspecified atom stereocenters. The van der Waals surface area contributed by atoms with Gasteiger partial charge in [0.25, 0.3) is 0 Å². The summed E-state index contributed by atoms with van der Waals surface area (Å²) in [5, 5.41) is 2.63. The third-order valence-electron chi connectivity index (χ3n) is 5.33. The molecule has 0 aromatic heterocycles. The Balaban J connectivity index is 1.90. The predicted molar refractivity (Wildman–Crippen MR) is 120 cm³/mol. The van der Waals surface area contributed by atoms with Crippen LogP contribution in [0.25, 0.3) is 46.6 Å². The second kappa shape index (κ2) is 7.25. The minimum absolute atomic E-state index is 1.09. The average molecular weight is 348 g/mol. The van der Waals surface area contributed by atoms with Crippen LogP contribution in [0.1, 0.15) is 29.5 Å². The van der Waals surface area contributed by atoms with Crippen molar-refractivity contribution in [2.45, 2.75) is 19.8 Å². The zero-order chi connectivity index (χ0) is 18.8. The van der Waals surface area contributed by atoms with Crippen molar-refractivity contribution in [1.29, 1.82) is 0 Å². The van der Waals surface area contributed by atoms with Crippen LogP contribution < -0.4 is 10.4 Å². The van der Waals surface area contributed by atoms with Gasteiger partial charge < -0.3 is 0 Å². The standard InChI is InChI=1S/C27H24/c1-4-20-18-24-8-6-7-9-26(24)27(25(20)5-2)23-16-14-22(15-17-23)21-12-10-19(3)11-13-21/h4-5,8-18H,1-2,6-7H2,3H3. The molecule has 0 heterocycles. The maximum absolute atomic E-state index is 4.08. The molecule has 0 bridgehead atoms. The van der Waals surface area contributed by atoms with Crippen LogP contribution in [-0.4, -0.2) is 0 Å². The van der Waals surface area contributed by atoms with Gasteiger partial charge in [0.1, 0.15) is 0 Å². The first-order chi connectivity index (χ1) is 13.2. The Kier molecular flexibility index (Phi) is 4.64. The minimum Gasteiger partial charge on any atom is -0.0984 e. The molecule has 0 aliphatic heterocycles. The number of aryl methyl sites for hydroxylation is 1. The van der Waals surface area contributed by atoms with Crippen molar-refractivity contribution in [1.82, 2.24) is 0 Å². The molecular formula is C27H24. The van der Waals surface area contributed by atoms with Crippen LogP contribution in [0.4, 0.5) is 0 Å². The Labute approximate surface area is 161 Å². The SMILES string of the molecule is C=Cc1cc2c(c(-c3ccc(-c4ccc(C)cc4)cc3)c1C=C)=CCCC=2. The first-order valence-electron chi connectivity index (χ1n) is 9.51. The molecule has 0 saturated heterocycles. The topological polar surface area (TPSA) is 0 Å². The predicted octanol–water partition coefficient (Wildman–Crippen LogP) is 5.97. The number of fused-ring (bicyclic) bond motifs is 1. The smallest absolute Gasteiger partial charge is 0.00303 e. The zero-order valence-electron chi connectivity index (χ0n) is 15.8. The minimum atomic E-state index is 1.09. The molecule has 0 fully saturated rings. The van der Waals surface area contributed by atoms with E-state index in [0.29, 0.717) is 0 Å². The van der Waals surface area contributed by atoms with Gasteiger partial charge in [-0.25, -0.2) is 0 Å². The Morgan fingerprint density at radius 2 is 1.33 bits per heavy atom. The Hall–Kier alpha value is -3.12. The number of rotatable bonds is 4. The van der Waals surface area contributed by atoms with E-state index >= 15 is 0 Å². The van der Waals surface area contributed by atoms with Gasteiger partial charge in [-0.3, -0.25) is 0 Å². The van der Waals surface area contributed by atoms with Crippen molar-refractivity contribution in [3.63, 3.8) is 0 Å². The molecule has 0 amide bonds. The summed E-state index contributed by atoms with van der Waals surface area (Å²) >= 11 is 0. The summed E-state index contributed by atoms with van der Waals surface area (Å²) in [6.45, 7) is 10.2. The van der Waals surface area contributed by atoms with E-state index in [1.165, 1.54) is 43.8 Å². The third kappa shape index (κ3) is 3.19. The van der Waals surface area contributed by atoms with Crippen molar-refractivity contribution in [3.05, 3.63) is 94.9 Å². The van der Waals surface area contributed by atoms with E-state index in [4.69, 9.17) is 0 Å². The van der Waals surface area contributed by atoms with Gasteiger partial charge in [-0.2, -0.15) is 0 Å². The van der Waals surface area contributed by atoms with Gasteiger partial charge in [0.05, 0.1) is 0 Å². The van der Waals surface area contributed by atoms with Gasteiger partial charge in [-0.05, 0) is 69.6 Å². The highest BCUT2D eigenvalue weighted by atomic mass is 14.2. The van der Waals surface area contributed by atoms with E-state index in [0.717, 1.165) is 18.4 Å². The molecule has 3 aromatic carbocycles. The summed E-state index contributed by atoms with van der Waals surface area (Å²) in [5.74, 6) is 0. The molecule has 132 valence electrons. The Bertz CT molecular complexity index is 1120. The van der Waals surface area contributed by atoms with Gasteiger partial charge in [0, 0.05) is 0 Å². The monoisotopic (exact) mass is 348 g/mol. The fraction of sp³-hybridized carbons (Fsp3) is 0.111. The largest absolute Gasteiger partial charge is 0.0984 e. The van der Waals surface area contributed by atoms with Gasteiger partial charge in [0.2, 0.25) is 0 Å². The normalized spacial score (nSPS) is 12.5. The molecule has 0 nitrogen and oxygen atoms in total.